The summed E-state index contributed by atoms with van der Waals surface area (Å²) in [7, 11) is 0. The number of carbonyl (C=O) groups excluding carboxylic acids is 1. The zero-order chi connectivity index (χ0) is 12.1. The molecule has 0 radical (unpaired) electrons. The van der Waals surface area contributed by atoms with E-state index in [0.29, 0.717) is 17.7 Å². The fourth-order valence-corrected chi connectivity index (χ4v) is 2.76. The highest BCUT2D eigenvalue weighted by Gasteiger charge is 2.56. The Morgan fingerprint density at radius 3 is 2.31 bits per heavy atom. The molecule has 3 atom stereocenters. The summed E-state index contributed by atoms with van der Waals surface area (Å²) in [6.45, 7) is -0.0834. The second-order valence-corrected chi connectivity index (χ2v) is 4.22. The summed E-state index contributed by atoms with van der Waals surface area (Å²) in [5.74, 6) is -4.17. The second-order valence-electron chi connectivity index (χ2n) is 4.22. The first-order chi connectivity index (χ1) is 7.32. The first kappa shape index (κ1) is 11.2. The summed E-state index contributed by atoms with van der Waals surface area (Å²) in [5.41, 5.74) is 0. The van der Waals surface area contributed by atoms with Crippen LogP contribution in [0.5, 0.6) is 0 Å². The lowest BCUT2D eigenvalue weighted by atomic mass is 9.99. The average Bonchev–Trinajstić information content (AvgIpc) is 2.70. The average molecular weight is 237 g/mol. The van der Waals surface area contributed by atoms with E-state index in [4.69, 9.17) is 5.11 Å². The summed E-state index contributed by atoms with van der Waals surface area (Å²) in [5, 5.41) is 8.88. The van der Waals surface area contributed by atoms with E-state index in [-0.39, 0.29) is 12.5 Å². The number of carboxylic acids is 1. The van der Waals surface area contributed by atoms with Crippen LogP contribution in [-0.2, 0) is 9.59 Å². The number of carbonyl (C=O) groups is 2. The highest BCUT2D eigenvalue weighted by Crippen LogP contribution is 2.44. The van der Waals surface area contributed by atoms with Crippen molar-refractivity contribution in [2.75, 3.05) is 6.54 Å². The fourth-order valence-electron chi connectivity index (χ4n) is 2.76. The van der Waals surface area contributed by atoms with Gasteiger partial charge in [0.05, 0.1) is 5.92 Å². The molecule has 0 aromatic carbocycles. The lowest BCUT2D eigenvalue weighted by molar-refractivity contribution is -0.187. The number of rotatable bonds is 1. The largest absolute Gasteiger partial charge is 0.481 e. The number of aliphatic carboxylic acids is 1. The SMILES string of the molecule is O=C(O)[C@@H]1[C@@H]2CC[C@H]1N(C(=O)C(F)(F)F)C2. The Morgan fingerprint density at radius 1 is 1.25 bits per heavy atom. The predicted molar refractivity (Wildman–Crippen MR) is 45.4 cm³/mol. The normalized spacial score (nSPS) is 33.2. The van der Waals surface area contributed by atoms with Crippen LogP contribution in [0.25, 0.3) is 0 Å². The number of amides is 1. The zero-order valence-corrected chi connectivity index (χ0v) is 8.20. The number of carboxylic acid groups (broad SMARTS) is 1. The molecule has 90 valence electrons. The molecule has 2 aliphatic rings. The topological polar surface area (TPSA) is 57.6 Å². The number of nitrogens with zero attached hydrogens (tertiary/aromatic N) is 1. The molecule has 0 unspecified atom stereocenters. The van der Waals surface area contributed by atoms with E-state index in [1.807, 2.05) is 0 Å². The van der Waals surface area contributed by atoms with Crippen molar-refractivity contribution in [1.29, 1.82) is 0 Å². The quantitative estimate of drug-likeness (QED) is 0.736. The van der Waals surface area contributed by atoms with Crippen LogP contribution in [0.1, 0.15) is 12.8 Å². The summed E-state index contributed by atoms with van der Waals surface area (Å²) in [6.07, 6.45) is -3.97. The van der Waals surface area contributed by atoms with Crippen molar-refractivity contribution >= 4 is 11.9 Å². The number of hydrogen-bond acceptors (Lipinski definition) is 2. The van der Waals surface area contributed by atoms with E-state index in [1.54, 1.807) is 0 Å². The lowest BCUT2D eigenvalue weighted by Gasteiger charge is -2.27. The first-order valence-electron chi connectivity index (χ1n) is 4.93. The molecule has 16 heavy (non-hydrogen) atoms. The van der Waals surface area contributed by atoms with Crippen LogP contribution in [0.2, 0.25) is 0 Å². The van der Waals surface area contributed by atoms with Crippen molar-refractivity contribution < 1.29 is 27.9 Å². The van der Waals surface area contributed by atoms with Crippen molar-refractivity contribution in [1.82, 2.24) is 4.90 Å². The van der Waals surface area contributed by atoms with Crippen molar-refractivity contribution in [3.05, 3.63) is 0 Å². The van der Waals surface area contributed by atoms with Gasteiger partial charge in [-0.05, 0) is 18.8 Å². The van der Waals surface area contributed by atoms with Gasteiger partial charge in [-0.2, -0.15) is 13.2 Å². The molecule has 1 saturated carbocycles. The summed E-state index contributed by atoms with van der Waals surface area (Å²) >= 11 is 0. The Labute approximate surface area is 89.0 Å². The van der Waals surface area contributed by atoms with Gasteiger partial charge < -0.3 is 10.0 Å². The Bertz CT molecular complexity index is 341. The van der Waals surface area contributed by atoms with E-state index < -0.39 is 30.0 Å². The lowest BCUT2D eigenvalue weighted by Crippen LogP contribution is -2.46. The monoisotopic (exact) mass is 237 g/mol. The van der Waals surface area contributed by atoms with E-state index >= 15 is 0 Å². The molecule has 0 aromatic rings. The molecule has 1 amide bonds. The van der Waals surface area contributed by atoms with Gasteiger partial charge in [-0.3, -0.25) is 9.59 Å². The maximum Gasteiger partial charge on any atom is 0.471 e. The van der Waals surface area contributed by atoms with E-state index in [2.05, 4.69) is 0 Å². The molecule has 1 aliphatic heterocycles. The van der Waals surface area contributed by atoms with Crippen LogP contribution >= 0.6 is 0 Å². The van der Waals surface area contributed by atoms with E-state index in [1.165, 1.54) is 0 Å². The van der Waals surface area contributed by atoms with Crippen LogP contribution in [0, 0.1) is 11.8 Å². The van der Waals surface area contributed by atoms with Crippen LogP contribution in [0.4, 0.5) is 13.2 Å². The van der Waals surface area contributed by atoms with Gasteiger partial charge in [0, 0.05) is 12.6 Å². The summed E-state index contributed by atoms with van der Waals surface area (Å²) < 4.78 is 36.6. The van der Waals surface area contributed by atoms with Gasteiger partial charge in [0.25, 0.3) is 0 Å². The highest BCUT2D eigenvalue weighted by atomic mass is 19.4. The molecule has 7 heteroatoms. The van der Waals surface area contributed by atoms with Gasteiger partial charge in [-0.15, -0.1) is 0 Å². The van der Waals surface area contributed by atoms with Gasteiger partial charge in [0.15, 0.2) is 0 Å². The van der Waals surface area contributed by atoms with Gasteiger partial charge in [-0.25, -0.2) is 0 Å². The number of piperidine rings is 1. The smallest absolute Gasteiger partial charge is 0.471 e. The van der Waals surface area contributed by atoms with E-state index in [9.17, 15) is 22.8 Å². The first-order valence-corrected chi connectivity index (χ1v) is 4.93. The number of alkyl halides is 3. The fraction of sp³-hybridized carbons (Fsp3) is 0.778. The Morgan fingerprint density at radius 2 is 1.88 bits per heavy atom. The standard InChI is InChI=1S/C9H10F3NO3/c10-9(11,12)8(16)13-3-4-1-2-5(13)6(4)7(14)15/h4-6H,1-3H2,(H,14,15)/t4-,5-,6-/m1/s1. The molecule has 0 aromatic heterocycles. The predicted octanol–water partition coefficient (Wildman–Crippen LogP) is 0.870. The number of halogens is 3. The molecular weight excluding hydrogens is 227 g/mol. The minimum Gasteiger partial charge on any atom is -0.481 e. The molecule has 2 bridgehead atoms. The van der Waals surface area contributed by atoms with Gasteiger partial charge in [0.2, 0.25) is 0 Å². The van der Waals surface area contributed by atoms with Crippen molar-refractivity contribution in [3.8, 4) is 0 Å². The van der Waals surface area contributed by atoms with Crippen LogP contribution in [0.3, 0.4) is 0 Å². The summed E-state index contributed by atoms with van der Waals surface area (Å²) in [4.78, 5) is 22.6. The minimum absolute atomic E-state index is 0.0834. The van der Waals surface area contributed by atoms with Gasteiger partial charge in [-0.1, -0.05) is 0 Å². The highest BCUT2D eigenvalue weighted by molar-refractivity contribution is 5.84. The Hall–Kier alpha value is -1.27. The molecule has 2 rings (SSSR count). The van der Waals surface area contributed by atoms with Crippen molar-refractivity contribution in [3.63, 3.8) is 0 Å². The van der Waals surface area contributed by atoms with Crippen LogP contribution in [-0.4, -0.2) is 40.6 Å². The van der Waals surface area contributed by atoms with Gasteiger partial charge in [0.1, 0.15) is 0 Å². The Balaban J connectivity index is 2.17. The summed E-state index contributed by atoms with van der Waals surface area (Å²) in [6, 6.07) is -0.781. The maximum absolute atomic E-state index is 12.2. The molecule has 1 heterocycles. The maximum atomic E-state index is 12.2. The van der Waals surface area contributed by atoms with Crippen LogP contribution < -0.4 is 0 Å². The van der Waals surface area contributed by atoms with Crippen molar-refractivity contribution in [2.24, 2.45) is 11.8 Å². The number of likely N-dealkylation sites (tertiary alicyclic amines) is 1. The second kappa shape index (κ2) is 3.36. The molecule has 0 spiro atoms. The Kier molecular flexibility index (Phi) is 2.36. The third-order valence-corrected chi connectivity index (χ3v) is 3.38. The van der Waals surface area contributed by atoms with E-state index in [0.717, 1.165) is 0 Å². The van der Waals surface area contributed by atoms with Gasteiger partial charge >= 0.3 is 18.1 Å². The van der Waals surface area contributed by atoms with Crippen LogP contribution in [0.15, 0.2) is 0 Å². The molecule has 1 aliphatic carbocycles. The third-order valence-electron chi connectivity index (χ3n) is 3.38. The minimum atomic E-state index is -4.91. The molecule has 2 fully saturated rings. The zero-order valence-electron chi connectivity index (χ0n) is 8.20. The molecule has 4 nitrogen and oxygen atoms in total. The number of hydrogen-bond donors (Lipinski definition) is 1. The molecular formula is C9H10F3NO3. The molecule has 1 saturated heterocycles. The molecule has 1 N–H and O–H groups in total. The third kappa shape index (κ3) is 1.54. The van der Waals surface area contributed by atoms with Crippen molar-refractivity contribution in [2.45, 2.75) is 25.1 Å². The number of fused-ring (bicyclic) bond motifs is 2.